The zero-order chi connectivity index (χ0) is 25.4. The minimum Gasteiger partial charge on any atom is -0.352 e. The van der Waals surface area contributed by atoms with Gasteiger partial charge in [-0.1, -0.05) is 31.2 Å². The number of carbonyl (C=O) groups is 3. The highest BCUT2D eigenvalue weighted by Gasteiger charge is 2.33. The van der Waals surface area contributed by atoms with Crippen LogP contribution < -0.4 is 15.5 Å². The second-order valence-electron chi connectivity index (χ2n) is 8.29. The quantitative estimate of drug-likeness (QED) is 0.419. The molecule has 0 aliphatic rings. The number of thiazole rings is 1. The number of nitrogens with zero attached hydrogens (tertiary/aromatic N) is 2. The molecule has 0 aliphatic heterocycles. The van der Waals surface area contributed by atoms with Crippen molar-refractivity contribution in [2.75, 3.05) is 10.2 Å². The fourth-order valence-electron chi connectivity index (χ4n) is 3.56. The zero-order valence-electron chi connectivity index (χ0n) is 20.0. The molecule has 1 aromatic heterocycles. The third kappa shape index (κ3) is 7.19. The number of aromatic nitrogens is 1. The lowest BCUT2D eigenvalue weighted by Crippen LogP contribution is -2.46. The first-order valence-electron chi connectivity index (χ1n) is 11.4. The maximum atomic E-state index is 13.7. The number of hydrogen-bond donors (Lipinski definition) is 2. The van der Waals surface area contributed by atoms with Crippen molar-refractivity contribution in [1.29, 1.82) is 0 Å². The Bertz CT molecular complexity index is 1130. The van der Waals surface area contributed by atoms with Gasteiger partial charge in [0.1, 0.15) is 11.9 Å². The van der Waals surface area contributed by atoms with Gasteiger partial charge in [-0.15, -0.1) is 11.3 Å². The van der Waals surface area contributed by atoms with E-state index in [2.05, 4.69) is 15.6 Å². The van der Waals surface area contributed by atoms with E-state index in [-0.39, 0.29) is 24.8 Å². The monoisotopic (exact) mass is 496 g/mol. The molecule has 7 nitrogen and oxygen atoms in total. The number of nitrogens with one attached hydrogen (secondary N) is 2. The molecule has 1 heterocycles. The number of amides is 3. The van der Waals surface area contributed by atoms with E-state index >= 15 is 0 Å². The largest absolute Gasteiger partial charge is 0.352 e. The van der Waals surface area contributed by atoms with Crippen LogP contribution in [0.1, 0.15) is 50.8 Å². The van der Waals surface area contributed by atoms with Crippen molar-refractivity contribution in [2.24, 2.45) is 0 Å². The van der Waals surface area contributed by atoms with Crippen molar-refractivity contribution in [2.45, 2.75) is 52.1 Å². The number of carbonyl (C=O) groups excluding carboxylic acids is 3. The van der Waals surface area contributed by atoms with E-state index in [9.17, 15) is 18.8 Å². The SMILES string of the molecule is CCc1ccc(N(C(=O)CCC(=O)Nc2nccs2)C(C(=O)NC(C)C)c2ccc(F)cc2)cc1. The van der Waals surface area contributed by atoms with E-state index in [0.29, 0.717) is 16.4 Å². The summed E-state index contributed by atoms with van der Waals surface area (Å²) in [6.45, 7) is 5.67. The summed E-state index contributed by atoms with van der Waals surface area (Å²) in [4.78, 5) is 44.7. The predicted octanol–water partition coefficient (Wildman–Crippen LogP) is 4.86. The molecule has 9 heteroatoms. The highest BCUT2D eigenvalue weighted by atomic mass is 32.1. The molecule has 35 heavy (non-hydrogen) atoms. The van der Waals surface area contributed by atoms with Gasteiger partial charge in [-0.3, -0.25) is 19.3 Å². The van der Waals surface area contributed by atoms with Crippen LogP contribution in [-0.2, 0) is 20.8 Å². The van der Waals surface area contributed by atoms with Crippen molar-refractivity contribution in [3.63, 3.8) is 0 Å². The van der Waals surface area contributed by atoms with Gasteiger partial charge in [0.05, 0.1) is 0 Å². The van der Waals surface area contributed by atoms with Gasteiger partial charge in [0.2, 0.25) is 17.7 Å². The summed E-state index contributed by atoms with van der Waals surface area (Å²) >= 11 is 1.28. The minimum absolute atomic E-state index is 0.0795. The molecule has 2 N–H and O–H groups in total. The minimum atomic E-state index is -1.04. The average molecular weight is 497 g/mol. The fraction of sp³-hybridized carbons (Fsp3) is 0.308. The normalized spacial score (nSPS) is 11.7. The van der Waals surface area contributed by atoms with Crippen LogP contribution in [0.15, 0.2) is 60.1 Å². The molecule has 2 aromatic carbocycles. The van der Waals surface area contributed by atoms with Crippen molar-refractivity contribution < 1.29 is 18.8 Å². The highest BCUT2D eigenvalue weighted by Crippen LogP contribution is 2.30. The number of halogens is 1. The molecular weight excluding hydrogens is 467 g/mol. The van der Waals surface area contributed by atoms with E-state index in [0.717, 1.165) is 12.0 Å². The van der Waals surface area contributed by atoms with Crippen LogP contribution >= 0.6 is 11.3 Å². The number of hydrogen-bond acceptors (Lipinski definition) is 5. The van der Waals surface area contributed by atoms with Crippen LogP contribution in [0.5, 0.6) is 0 Å². The molecule has 3 rings (SSSR count). The van der Waals surface area contributed by atoms with Crippen molar-refractivity contribution in [3.05, 3.63) is 77.1 Å². The smallest absolute Gasteiger partial charge is 0.248 e. The van der Waals surface area contributed by atoms with E-state index in [4.69, 9.17) is 0 Å². The molecule has 0 saturated heterocycles. The standard InChI is InChI=1S/C26H29FN4O3S/c1-4-18-5-11-21(12-6-18)31(23(33)14-13-22(32)30-26-28-15-16-35-26)24(25(34)29-17(2)3)19-7-9-20(27)10-8-19/h5-12,15-17,24H,4,13-14H2,1-3H3,(H,29,34)(H,28,30,32). The van der Waals surface area contributed by atoms with Gasteiger partial charge >= 0.3 is 0 Å². The first-order chi connectivity index (χ1) is 16.8. The summed E-state index contributed by atoms with van der Waals surface area (Å²) in [5.74, 6) is -1.59. The van der Waals surface area contributed by atoms with Crippen LogP contribution in [0.3, 0.4) is 0 Å². The number of aryl methyl sites for hydroxylation is 1. The summed E-state index contributed by atoms with van der Waals surface area (Å²) in [5.41, 5.74) is 2.06. The maximum Gasteiger partial charge on any atom is 0.248 e. The van der Waals surface area contributed by atoms with Gasteiger partial charge in [-0.25, -0.2) is 9.37 Å². The van der Waals surface area contributed by atoms with Crippen molar-refractivity contribution in [3.8, 4) is 0 Å². The molecule has 0 bridgehead atoms. The molecule has 0 aliphatic carbocycles. The Balaban J connectivity index is 1.94. The molecule has 1 unspecified atom stereocenters. The molecule has 3 aromatic rings. The Kier molecular flexibility index (Phi) is 9.08. The second-order valence-corrected chi connectivity index (χ2v) is 9.18. The third-order valence-corrected chi connectivity index (χ3v) is 5.95. The van der Waals surface area contributed by atoms with Crippen LogP contribution in [0, 0.1) is 5.82 Å². The van der Waals surface area contributed by atoms with Gasteiger partial charge in [0.25, 0.3) is 0 Å². The Morgan fingerprint density at radius 1 is 1.03 bits per heavy atom. The first-order valence-corrected chi connectivity index (χ1v) is 12.3. The first kappa shape index (κ1) is 26.0. The van der Waals surface area contributed by atoms with Crippen LogP contribution in [0.4, 0.5) is 15.2 Å². The Hall–Kier alpha value is -3.59. The summed E-state index contributed by atoms with van der Waals surface area (Å²) in [6.07, 6.45) is 2.19. The van der Waals surface area contributed by atoms with Gasteiger partial charge in [-0.05, 0) is 55.7 Å². The van der Waals surface area contributed by atoms with Crippen molar-refractivity contribution in [1.82, 2.24) is 10.3 Å². The average Bonchev–Trinajstić information content (AvgIpc) is 3.34. The van der Waals surface area contributed by atoms with E-state index < -0.39 is 23.7 Å². The lowest BCUT2D eigenvalue weighted by Gasteiger charge is -2.32. The Morgan fingerprint density at radius 3 is 2.29 bits per heavy atom. The number of rotatable bonds is 10. The summed E-state index contributed by atoms with van der Waals surface area (Å²) in [6, 6.07) is 11.7. The lowest BCUT2D eigenvalue weighted by molar-refractivity contribution is -0.127. The molecule has 3 amide bonds. The van der Waals surface area contributed by atoms with Crippen LogP contribution in [0.25, 0.3) is 0 Å². The molecule has 0 spiro atoms. The zero-order valence-corrected chi connectivity index (χ0v) is 20.8. The summed E-state index contributed by atoms with van der Waals surface area (Å²) in [7, 11) is 0. The summed E-state index contributed by atoms with van der Waals surface area (Å²) < 4.78 is 13.7. The second kappa shape index (κ2) is 12.2. The van der Waals surface area contributed by atoms with E-state index in [1.165, 1.54) is 40.5 Å². The molecule has 0 saturated carbocycles. The third-order valence-electron chi connectivity index (χ3n) is 5.26. The van der Waals surface area contributed by atoms with E-state index in [1.54, 1.807) is 23.7 Å². The Morgan fingerprint density at radius 2 is 1.71 bits per heavy atom. The van der Waals surface area contributed by atoms with Gasteiger partial charge < -0.3 is 10.6 Å². The fourth-order valence-corrected chi connectivity index (χ4v) is 4.11. The topological polar surface area (TPSA) is 91.4 Å². The molecular formula is C26H29FN4O3S. The van der Waals surface area contributed by atoms with Gasteiger partial charge in [-0.2, -0.15) is 0 Å². The molecule has 0 fully saturated rings. The summed E-state index contributed by atoms with van der Waals surface area (Å²) in [5, 5.41) is 7.72. The molecule has 0 radical (unpaired) electrons. The maximum absolute atomic E-state index is 13.7. The number of anilines is 2. The number of benzene rings is 2. The highest BCUT2D eigenvalue weighted by molar-refractivity contribution is 7.13. The van der Waals surface area contributed by atoms with Crippen LogP contribution in [0.2, 0.25) is 0 Å². The van der Waals surface area contributed by atoms with Crippen molar-refractivity contribution >= 4 is 39.9 Å². The van der Waals surface area contributed by atoms with Crippen LogP contribution in [-0.4, -0.2) is 28.7 Å². The molecule has 1 atom stereocenters. The predicted molar refractivity (Wildman–Crippen MR) is 136 cm³/mol. The Labute approximate surface area is 208 Å². The van der Waals surface area contributed by atoms with Gasteiger partial charge in [0, 0.05) is 36.1 Å². The molecule has 184 valence electrons. The van der Waals surface area contributed by atoms with E-state index in [1.807, 2.05) is 32.9 Å². The van der Waals surface area contributed by atoms with Gasteiger partial charge in [0.15, 0.2) is 5.13 Å². The lowest BCUT2D eigenvalue weighted by atomic mass is 10.0.